The molecule has 0 aliphatic carbocycles. The van der Waals surface area contributed by atoms with Gasteiger partial charge < -0.3 is 30.2 Å². The number of amides is 2. The third-order valence-corrected chi connectivity index (χ3v) is 12.3. The van der Waals surface area contributed by atoms with E-state index < -0.39 is 0 Å². The van der Waals surface area contributed by atoms with E-state index in [1.807, 2.05) is 23.9 Å². The van der Waals surface area contributed by atoms with E-state index in [2.05, 4.69) is 143 Å². The number of unbranched alkanes of at least 4 members (excludes halogenated alkanes) is 4. The van der Waals surface area contributed by atoms with E-state index in [1.54, 1.807) is 0 Å². The summed E-state index contributed by atoms with van der Waals surface area (Å²) in [6.07, 6.45) is 6.84. The van der Waals surface area contributed by atoms with Gasteiger partial charge in [-0.1, -0.05) is 12.1 Å². The largest absolute Gasteiger partial charge is 0.377 e. The molecule has 4 aromatic carbocycles. The first-order chi connectivity index (χ1) is 29.1. The third kappa shape index (κ3) is 9.99. The highest BCUT2D eigenvalue weighted by Gasteiger charge is 2.24. The maximum atomic E-state index is 13.3. The zero-order valence-corrected chi connectivity index (χ0v) is 36.9. The minimum atomic E-state index is 0.214. The van der Waals surface area contributed by atoms with Gasteiger partial charge in [-0.3, -0.25) is 9.59 Å². The Bertz CT molecular complexity index is 2320. The highest BCUT2D eigenvalue weighted by atomic mass is 16.2. The Morgan fingerprint density at radius 1 is 0.500 bits per heavy atom. The number of nitrogens with one attached hydrogen (secondary N) is 2. The normalized spacial score (nSPS) is 13.2. The summed E-state index contributed by atoms with van der Waals surface area (Å²) >= 11 is 0. The number of hydrogen-bond acceptors (Lipinski definition) is 6. The first-order valence-electron chi connectivity index (χ1n) is 22.1. The standard InChI is InChI=1S/C50H66N8O2/c1-51-35-37-15-17-39-31-40-18-16-38(36-52-2)30-46(40)57(45(39)29-37)23-11-7-9-13-49(59)55-25-27-56(28-26-55)50(60)14-10-8-12-24-58-47-33-43(53(3)4)21-19-41(47)32-42-20-22-44(54(5)6)34-48(42)58/h15-22,29-34,51-52H,7-14,23-28,35-36H2,1-6H3/q+2. The molecule has 60 heavy (non-hydrogen) atoms. The van der Waals surface area contributed by atoms with Crippen molar-refractivity contribution < 1.29 is 18.7 Å². The molecule has 2 amide bonds. The van der Waals surface area contributed by atoms with Crippen molar-refractivity contribution in [1.29, 1.82) is 0 Å². The number of carbonyl (C=O) groups excluding carboxylic acids is 2. The number of benzene rings is 4. The summed E-state index contributed by atoms with van der Waals surface area (Å²) in [7, 11) is 12.3. The number of hydrogen-bond donors (Lipinski definition) is 2. The molecule has 0 bridgehead atoms. The molecule has 1 saturated heterocycles. The Kier molecular flexibility index (Phi) is 14.1. The van der Waals surface area contributed by atoms with E-state index in [0.29, 0.717) is 39.0 Å². The second kappa shape index (κ2) is 19.8. The number of anilines is 2. The van der Waals surface area contributed by atoms with E-state index in [-0.39, 0.29) is 11.8 Å². The fraction of sp³-hybridized carbons (Fsp3) is 0.440. The van der Waals surface area contributed by atoms with Gasteiger partial charge in [-0.15, -0.1) is 0 Å². The van der Waals surface area contributed by atoms with Crippen LogP contribution in [0.15, 0.2) is 84.9 Å². The van der Waals surface area contributed by atoms with Crippen molar-refractivity contribution in [3.05, 3.63) is 96.1 Å². The average molecular weight is 811 g/mol. The van der Waals surface area contributed by atoms with E-state index in [4.69, 9.17) is 0 Å². The summed E-state index contributed by atoms with van der Waals surface area (Å²) in [4.78, 5) is 34.8. The van der Waals surface area contributed by atoms with Crippen LogP contribution in [0.5, 0.6) is 0 Å². The van der Waals surface area contributed by atoms with Gasteiger partial charge in [-0.2, -0.15) is 9.13 Å². The van der Waals surface area contributed by atoms with Crippen molar-refractivity contribution in [2.75, 3.05) is 78.3 Å². The SMILES string of the molecule is CNCc1ccc2cc3ccc(CNC)cc3[n+](CCCCCC(=O)N3CCN(C(=O)CCCCC[n+]4c5cc(N(C)C)ccc5cc5ccc(N(C)C)cc54)CC3)c2c1. The van der Waals surface area contributed by atoms with E-state index in [9.17, 15) is 9.59 Å². The van der Waals surface area contributed by atoms with Gasteiger partial charge in [-0.25, -0.2) is 0 Å². The molecule has 0 radical (unpaired) electrons. The van der Waals surface area contributed by atoms with Gasteiger partial charge in [0, 0.05) is 150 Å². The molecule has 2 aromatic heterocycles. The van der Waals surface area contributed by atoms with Crippen LogP contribution in [0.2, 0.25) is 0 Å². The van der Waals surface area contributed by atoms with Crippen LogP contribution >= 0.6 is 0 Å². The second-order valence-corrected chi connectivity index (χ2v) is 17.1. The maximum Gasteiger partial charge on any atom is 0.222 e. The minimum absolute atomic E-state index is 0.214. The summed E-state index contributed by atoms with van der Waals surface area (Å²) in [6.45, 7) is 5.97. The molecule has 0 saturated carbocycles. The lowest BCUT2D eigenvalue weighted by atomic mass is 10.0. The van der Waals surface area contributed by atoms with Crippen LogP contribution in [0.1, 0.15) is 62.5 Å². The van der Waals surface area contributed by atoms with Gasteiger partial charge in [0.15, 0.2) is 0 Å². The molecular weight excluding hydrogens is 745 g/mol. The third-order valence-electron chi connectivity index (χ3n) is 12.3. The lowest BCUT2D eigenvalue weighted by molar-refractivity contribution is -0.646. The van der Waals surface area contributed by atoms with Crippen molar-refractivity contribution in [1.82, 2.24) is 20.4 Å². The van der Waals surface area contributed by atoms with Gasteiger partial charge >= 0.3 is 0 Å². The lowest BCUT2D eigenvalue weighted by Crippen LogP contribution is -2.50. The predicted molar refractivity (Wildman–Crippen MR) is 248 cm³/mol. The van der Waals surface area contributed by atoms with Gasteiger partial charge in [0.25, 0.3) is 0 Å². The maximum absolute atomic E-state index is 13.3. The molecule has 3 heterocycles. The molecule has 2 N–H and O–H groups in total. The summed E-state index contributed by atoms with van der Waals surface area (Å²) in [6, 6.07) is 31.5. The van der Waals surface area contributed by atoms with E-state index in [0.717, 1.165) is 64.7 Å². The van der Waals surface area contributed by atoms with Crippen LogP contribution in [-0.2, 0) is 35.8 Å². The van der Waals surface area contributed by atoms with Crippen molar-refractivity contribution in [3.8, 4) is 0 Å². The van der Waals surface area contributed by atoms with Crippen molar-refractivity contribution in [2.45, 2.75) is 77.5 Å². The minimum Gasteiger partial charge on any atom is -0.377 e. The van der Waals surface area contributed by atoms with Gasteiger partial charge in [-0.05, 0) is 99.4 Å². The Morgan fingerprint density at radius 2 is 0.867 bits per heavy atom. The van der Waals surface area contributed by atoms with Crippen LogP contribution in [0.4, 0.5) is 11.4 Å². The van der Waals surface area contributed by atoms with Gasteiger partial charge in [0.2, 0.25) is 33.9 Å². The van der Waals surface area contributed by atoms with E-state index >= 15 is 0 Å². The number of aromatic nitrogens is 2. The number of pyridine rings is 2. The van der Waals surface area contributed by atoms with Crippen LogP contribution in [0.3, 0.4) is 0 Å². The molecule has 0 unspecified atom stereocenters. The number of carbonyl (C=O) groups is 2. The molecule has 0 spiro atoms. The second-order valence-electron chi connectivity index (χ2n) is 17.1. The molecule has 7 rings (SSSR count). The van der Waals surface area contributed by atoms with Crippen LogP contribution in [0, 0.1) is 0 Å². The van der Waals surface area contributed by atoms with Crippen LogP contribution < -0.4 is 29.6 Å². The van der Waals surface area contributed by atoms with Gasteiger partial charge in [0.1, 0.15) is 13.1 Å². The predicted octanol–water partition coefficient (Wildman–Crippen LogP) is 6.94. The Balaban J connectivity index is 0.869. The fourth-order valence-electron chi connectivity index (χ4n) is 8.89. The molecule has 1 fully saturated rings. The molecule has 10 nitrogen and oxygen atoms in total. The molecule has 316 valence electrons. The summed E-state index contributed by atoms with van der Waals surface area (Å²) < 4.78 is 4.95. The molecule has 10 heteroatoms. The zero-order chi connectivity index (χ0) is 42.2. The van der Waals surface area contributed by atoms with E-state index in [1.165, 1.54) is 66.1 Å². The Hall–Kier alpha value is -5.32. The molecule has 6 aromatic rings. The number of aryl methyl sites for hydroxylation is 2. The zero-order valence-electron chi connectivity index (χ0n) is 36.9. The molecule has 1 aliphatic heterocycles. The first-order valence-corrected chi connectivity index (χ1v) is 22.1. The van der Waals surface area contributed by atoms with Crippen molar-refractivity contribution >= 4 is 66.8 Å². The Morgan fingerprint density at radius 3 is 1.23 bits per heavy atom. The van der Waals surface area contributed by atoms with Crippen molar-refractivity contribution in [3.63, 3.8) is 0 Å². The van der Waals surface area contributed by atoms with Crippen LogP contribution in [-0.4, -0.2) is 90.1 Å². The molecular formula is C50H66N8O2+2. The average Bonchev–Trinajstić information content (AvgIpc) is 3.25. The Labute approximate surface area is 356 Å². The highest BCUT2D eigenvalue weighted by molar-refractivity contribution is 5.92. The lowest BCUT2D eigenvalue weighted by Gasteiger charge is -2.35. The fourth-order valence-corrected chi connectivity index (χ4v) is 8.89. The first kappa shape index (κ1) is 42.8. The molecule has 0 atom stereocenters. The summed E-state index contributed by atoms with van der Waals surface area (Å²) in [5.74, 6) is 0.430. The number of nitrogens with zero attached hydrogens (tertiary/aromatic N) is 6. The highest BCUT2D eigenvalue weighted by Crippen LogP contribution is 2.26. The summed E-state index contributed by atoms with van der Waals surface area (Å²) in [5, 5.41) is 11.6. The van der Waals surface area contributed by atoms with Crippen molar-refractivity contribution in [2.24, 2.45) is 0 Å². The smallest absolute Gasteiger partial charge is 0.222 e. The topological polar surface area (TPSA) is 78.9 Å². The number of fused-ring (bicyclic) bond motifs is 4. The monoisotopic (exact) mass is 811 g/mol. The van der Waals surface area contributed by atoms with Crippen LogP contribution in [0.25, 0.3) is 43.6 Å². The molecule has 1 aliphatic rings. The van der Waals surface area contributed by atoms with Gasteiger partial charge in [0.05, 0.1) is 0 Å². The quantitative estimate of drug-likeness (QED) is 0.0557. The summed E-state index contributed by atoms with van der Waals surface area (Å²) in [5.41, 5.74) is 9.90. The number of piperazine rings is 1. The number of rotatable bonds is 18.